The van der Waals surface area contributed by atoms with Crippen LogP contribution in [-0.4, -0.2) is 22.9 Å². The summed E-state index contributed by atoms with van der Waals surface area (Å²) in [4.78, 5) is 13.9. The van der Waals surface area contributed by atoms with E-state index in [0.717, 1.165) is 6.42 Å². The van der Waals surface area contributed by atoms with E-state index in [9.17, 15) is 4.79 Å². The van der Waals surface area contributed by atoms with E-state index in [1.54, 1.807) is 6.08 Å². The molecule has 0 heterocycles. The van der Waals surface area contributed by atoms with E-state index in [2.05, 4.69) is 34.3 Å². The van der Waals surface area contributed by atoms with Gasteiger partial charge in [0.15, 0.2) is 0 Å². The molecule has 0 N–H and O–H groups in total. The molecule has 0 saturated heterocycles. The SMILES string of the molecule is C=CCC(C)C(=O)N(C(C)C)C(C)C. The van der Waals surface area contributed by atoms with Crippen LogP contribution in [0.2, 0.25) is 0 Å². The van der Waals surface area contributed by atoms with Gasteiger partial charge in [0, 0.05) is 18.0 Å². The zero-order valence-corrected chi connectivity index (χ0v) is 10.1. The first-order valence-electron chi connectivity index (χ1n) is 5.34. The molecule has 1 amide bonds. The Balaban J connectivity index is 4.51. The minimum atomic E-state index is 0.0531. The van der Waals surface area contributed by atoms with E-state index in [-0.39, 0.29) is 23.9 Å². The number of allylic oxidation sites excluding steroid dienone is 1. The molecule has 0 radical (unpaired) electrons. The molecular weight excluding hydrogens is 174 g/mol. The lowest BCUT2D eigenvalue weighted by atomic mass is 10.0. The van der Waals surface area contributed by atoms with Gasteiger partial charge in [-0.3, -0.25) is 4.79 Å². The fourth-order valence-corrected chi connectivity index (χ4v) is 1.71. The molecular formula is C12H23NO. The smallest absolute Gasteiger partial charge is 0.226 e. The molecule has 2 heteroatoms. The first kappa shape index (κ1) is 13.2. The van der Waals surface area contributed by atoms with Crippen molar-refractivity contribution in [2.24, 2.45) is 5.92 Å². The summed E-state index contributed by atoms with van der Waals surface area (Å²) in [6.45, 7) is 13.8. The maximum Gasteiger partial charge on any atom is 0.226 e. The first-order valence-corrected chi connectivity index (χ1v) is 5.34. The van der Waals surface area contributed by atoms with Crippen molar-refractivity contribution < 1.29 is 4.79 Å². The third-order valence-electron chi connectivity index (χ3n) is 2.31. The van der Waals surface area contributed by atoms with Crippen LogP contribution in [0.15, 0.2) is 12.7 Å². The van der Waals surface area contributed by atoms with Gasteiger partial charge in [0.1, 0.15) is 0 Å². The summed E-state index contributed by atoms with van der Waals surface area (Å²) in [7, 11) is 0. The number of hydrogen-bond donors (Lipinski definition) is 0. The van der Waals surface area contributed by atoms with Gasteiger partial charge in [-0.25, -0.2) is 0 Å². The molecule has 0 aromatic heterocycles. The highest BCUT2D eigenvalue weighted by atomic mass is 16.2. The molecule has 0 saturated carbocycles. The second-order valence-corrected chi connectivity index (χ2v) is 4.36. The maximum absolute atomic E-state index is 12.0. The largest absolute Gasteiger partial charge is 0.338 e. The van der Waals surface area contributed by atoms with Crippen LogP contribution in [0.1, 0.15) is 41.0 Å². The van der Waals surface area contributed by atoms with Gasteiger partial charge in [0.05, 0.1) is 0 Å². The number of amides is 1. The zero-order chi connectivity index (χ0) is 11.3. The Labute approximate surface area is 88.0 Å². The number of carbonyl (C=O) groups excluding carboxylic acids is 1. The Hall–Kier alpha value is -0.790. The molecule has 0 aliphatic rings. The van der Waals surface area contributed by atoms with Crippen molar-refractivity contribution >= 4 is 5.91 Å². The lowest BCUT2D eigenvalue weighted by Crippen LogP contribution is -2.44. The number of carbonyl (C=O) groups is 1. The monoisotopic (exact) mass is 197 g/mol. The molecule has 2 nitrogen and oxygen atoms in total. The summed E-state index contributed by atoms with van der Waals surface area (Å²) in [6, 6.07) is 0.546. The van der Waals surface area contributed by atoms with Gasteiger partial charge in [0.25, 0.3) is 0 Å². The summed E-state index contributed by atoms with van der Waals surface area (Å²) in [5.74, 6) is 0.284. The number of rotatable bonds is 5. The van der Waals surface area contributed by atoms with E-state index in [1.165, 1.54) is 0 Å². The molecule has 0 rings (SSSR count). The fraction of sp³-hybridized carbons (Fsp3) is 0.750. The summed E-state index contributed by atoms with van der Waals surface area (Å²) in [5, 5.41) is 0. The Morgan fingerprint density at radius 1 is 1.21 bits per heavy atom. The van der Waals surface area contributed by atoms with Crippen molar-refractivity contribution in [3.05, 3.63) is 12.7 Å². The van der Waals surface area contributed by atoms with Crippen molar-refractivity contribution in [2.45, 2.75) is 53.1 Å². The van der Waals surface area contributed by atoms with Crippen molar-refractivity contribution in [1.82, 2.24) is 4.90 Å². The predicted molar refractivity (Wildman–Crippen MR) is 61.1 cm³/mol. The summed E-state index contributed by atoms with van der Waals surface area (Å²) in [5.41, 5.74) is 0. The van der Waals surface area contributed by atoms with Crippen LogP contribution in [0.25, 0.3) is 0 Å². The molecule has 0 aromatic rings. The van der Waals surface area contributed by atoms with E-state index >= 15 is 0 Å². The van der Waals surface area contributed by atoms with Gasteiger partial charge in [-0.2, -0.15) is 0 Å². The standard InChI is InChI=1S/C12H23NO/c1-7-8-11(6)12(14)13(9(2)3)10(4)5/h7,9-11H,1,8H2,2-6H3. The van der Waals surface area contributed by atoms with Crippen LogP contribution in [0, 0.1) is 5.92 Å². The average Bonchev–Trinajstić information content (AvgIpc) is 2.03. The fourth-order valence-electron chi connectivity index (χ4n) is 1.71. The molecule has 0 aromatic carbocycles. The number of nitrogens with zero attached hydrogens (tertiary/aromatic N) is 1. The van der Waals surface area contributed by atoms with Crippen LogP contribution in [0.5, 0.6) is 0 Å². The molecule has 14 heavy (non-hydrogen) atoms. The van der Waals surface area contributed by atoms with Crippen LogP contribution >= 0.6 is 0 Å². The highest BCUT2D eigenvalue weighted by Gasteiger charge is 2.23. The molecule has 0 aliphatic heterocycles. The molecule has 0 aliphatic carbocycles. The third kappa shape index (κ3) is 3.52. The van der Waals surface area contributed by atoms with Gasteiger partial charge in [-0.1, -0.05) is 13.0 Å². The first-order chi connectivity index (χ1) is 6.41. The van der Waals surface area contributed by atoms with Gasteiger partial charge < -0.3 is 4.90 Å². The molecule has 1 atom stereocenters. The lowest BCUT2D eigenvalue weighted by Gasteiger charge is -2.32. The van der Waals surface area contributed by atoms with Gasteiger partial charge in [-0.05, 0) is 34.1 Å². The average molecular weight is 197 g/mol. The quantitative estimate of drug-likeness (QED) is 0.621. The minimum Gasteiger partial charge on any atom is -0.338 e. The van der Waals surface area contributed by atoms with Crippen molar-refractivity contribution in [3.8, 4) is 0 Å². The van der Waals surface area contributed by atoms with Gasteiger partial charge in [0.2, 0.25) is 5.91 Å². The highest BCUT2D eigenvalue weighted by Crippen LogP contribution is 2.13. The Bertz CT molecular complexity index is 188. The van der Waals surface area contributed by atoms with Crippen LogP contribution in [0.3, 0.4) is 0 Å². The predicted octanol–water partition coefficient (Wildman–Crippen LogP) is 2.84. The van der Waals surface area contributed by atoms with E-state index in [0.29, 0.717) is 0 Å². The summed E-state index contributed by atoms with van der Waals surface area (Å²) in [6.07, 6.45) is 2.57. The van der Waals surface area contributed by atoms with Crippen LogP contribution in [-0.2, 0) is 4.79 Å². The Morgan fingerprint density at radius 3 is 1.93 bits per heavy atom. The van der Waals surface area contributed by atoms with E-state index in [4.69, 9.17) is 0 Å². The maximum atomic E-state index is 12.0. The van der Waals surface area contributed by atoms with Crippen LogP contribution < -0.4 is 0 Å². The van der Waals surface area contributed by atoms with Crippen LogP contribution in [0.4, 0.5) is 0 Å². The van der Waals surface area contributed by atoms with Crippen molar-refractivity contribution in [3.63, 3.8) is 0 Å². The zero-order valence-electron chi connectivity index (χ0n) is 10.1. The normalized spacial score (nSPS) is 13.1. The minimum absolute atomic E-state index is 0.0531. The van der Waals surface area contributed by atoms with E-state index in [1.807, 2.05) is 11.8 Å². The molecule has 0 bridgehead atoms. The Kier molecular flexibility index (Phi) is 5.51. The van der Waals surface area contributed by atoms with Gasteiger partial charge in [-0.15, -0.1) is 6.58 Å². The topological polar surface area (TPSA) is 20.3 Å². The lowest BCUT2D eigenvalue weighted by molar-refractivity contribution is -0.138. The molecule has 1 unspecified atom stereocenters. The summed E-state index contributed by atoms with van der Waals surface area (Å²) >= 11 is 0. The van der Waals surface area contributed by atoms with Crippen molar-refractivity contribution in [2.75, 3.05) is 0 Å². The number of hydrogen-bond acceptors (Lipinski definition) is 1. The summed E-state index contributed by atoms with van der Waals surface area (Å²) < 4.78 is 0. The molecule has 0 fully saturated rings. The van der Waals surface area contributed by atoms with Gasteiger partial charge >= 0.3 is 0 Å². The second-order valence-electron chi connectivity index (χ2n) is 4.36. The molecule has 0 spiro atoms. The van der Waals surface area contributed by atoms with Crippen molar-refractivity contribution in [1.29, 1.82) is 0 Å². The molecule has 82 valence electrons. The third-order valence-corrected chi connectivity index (χ3v) is 2.31. The highest BCUT2D eigenvalue weighted by molar-refractivity contribution is 5.79. The Morgan fingerprint density at radius 2 is 1.64 bits per heavy atom. The van der Waals surface area contributed by atoms with E-state index < -0.39 is 0 Å². The second kappa shape index (κ2) is 5.84.